The second-order valence-electron chi connectivity index (χ2n) is 6.41. The molecule has 0 saturated heterocycles. The quantitative estimate of drug-likeness (QED) is 0.720. The van der Waals surface area contributed by atoms with E-state index in [9.17, 15) is 5.11 Å². The van der Waals surface area contributed by atoms with Crippen molar-refractivity contribution in [3.05, 3.63) is 23.3 Å². The van der Waals surface area contributed by atoms with Crippen LogP contribution in [0.25, 0.3) is 0 Å². The lowest BCUT2D eigenvalue weighted by molar-refractivity contribution is 0.159. The third kappa shape index (κ3) is 3.22. The van der Waals surface area contributed by atoms with Gasteiger partial charge in [0.25, 0.3) is 0 Å². The lowest BCUT2D eigenvalue weighted by Crippen LogP contribution is -2.21. The highest BCUT2D eigenvalue weighted by Crippen LogP contribution is 2.44. The fraction of sp³-hybridized carbons (Fsp3) is 0.750. The van der Waals surface area contributed by atoms with E-state index in [-0.39, 0.29) is 6.10 Å². The molecular weight excluding hydrogens is 208 g/mol. The van der Waals surface area contributed by atoms with E-state index in [2.05, 4.69) is 46.8 Å². The zero-order valence-electron chi connectivity index (χ0n) is 12.2. The average molecular weight is 236 g/mol. The summed E-state index contributed by atoms with van der Waals surface area (Å²) >= 11 is 0. The summed E-state index contributed by atoms with van der Waals surface area (Å²) in [6, 6.07) is 0. The molecule has 0 radical (unpaired) electrons. The van der Waals surface area contributed by atoms with E-state index in [1.165, 1.54) is 12.0 Å². The monoisotopic (exact) mass is 236 g/mol. The number of rotatable bonds is 4. The van der Waals surface area contributed by atoms with Crippen LogP contribution in [0.5, 0.6) is 0 Å². The standard InChI is InChI=1S/C16H28O/c1-11(2)15(17)12(3)7-9-14-10-8-13(4)16(14,5)6/h7-8,11,14-15,17H,9-10H2,1-6H3. The summed E-state index contributed by atoms with van der Waals surface area (Å²) in [7, 11) is 0. The Labute approximate surface area is 107 Å². The van der Waals surface area contributed by atoms with E-state index in [0.717, 1.165) is 12.0 Å². The van der Waals surface area contributed by atoms with Gasteiger partial charge in [-0.05, 0) is 49.5 Å². The maximum atomic E-state index is 9.97. The third-order valence-electron chi connectivity index (χ3n) is 4.57. The molecule has 0 heterocycles. The fourth-order valence-electron chi connectivity index (χ4n) is 2.56. The van der Waals surface area contributed by atoms with E-state index in [1.807, 2.05) is 6.92 Å². The fourth-order valence-corrected chi connectivity index (χ4v) is 2.56. The molecule has 0 spiro atoms. The van der Waals surface area contributed by atoms with Crippen molar-refractivity contribution in [3.8, 4) is 0 Å². The molecule has 0 saturated carbocycles. The Hall–Kier alpha value is -0.560. The Bertz CT molecular complexity index is 320. The molecular formula is C16H28O. The maximum absolute atomic E-state index is 9.97. The first-order valence-electron chi connectivity index (χ1n) is 6.78. The first-order valence-corrected chi connectivity index (χ1v) is 6.78. The minimum Gasteiger partial charge on any atom is -0.389 e. The van der Waals surface area contributed by atoms with Crippen molar-refractivity contribution in [3.63, 3.8) is 0 Å². The van der Waals surface area contributed by atoms with Crippen LogP contribution in [-0.4, -0.2) is 11.2 Å². The van der Waals surface area contributed by atoms with Gasteiger partial charge in [-0.3, -0.25) is 0 Å². The van der Waals surface area contributed by atoms with Gasteiger partial charge in [0.05, 0.1) is 6.10 Å². The number of aliphatic hydroxyl groups is 1. The Morgan fingerprint density at radius 3 is 2.53 bits per heavy atom. The van der Waals surface area contributed by atoms with Gasteiger partial charge < -0.3 is 5.11 Å². The molecule has 0 amide bonds. The molecule has 1 rings (SSSR count). The van der Waals surface area contributed by atoms with Gasteiger partial charge in [0.1, 0.15) is 0 Å². The Kier molecular flexibility index (Phi) is 4.60. The molecule has 17 heavy (non-hydrogen) atoms. The normalized spacial score (nSPS) is 26.2. The minimum atomic E-state index is -0.284. The summed E-state index contributed by atoms with van der Waals surface area (Å²) in [5.74, 6) is 1.000. The van der Waals surface area contributed by atoms with Gasteiger partial charge in [0, 0.05) is 0 Å². The van der Waals surface area contributed by atoms with E-state index in [4.69, 9.17) is 0 Å². The van der Waals surface area contributed by atoms with Crippen LogP contribution in [-0.2, 0) is 0 Å². The predicted octanol–water partition coefficient (Wildman–Crippen LogP) is 4.33. The van der Waals surface area contributed by atoms with Crippen LogP contribution in [0.4, 0.5) is 0 Å². The number of hydrogen-bond donors (Lipinski definition) is 1. The molecule has 1 aliphatic carbocycles. The Balaban J connectivity index is 2.61. The molecule has 1 heteroatoms. The highest BCUT2D eigenvalue weighted by molar-refractivity contribution is 5.19. The van der Waals surface area contributed by atoms with E-state index in [0.29, 0.717) is 17.3 Å². The van der Waals surface area contributed by atoms with Gasteiger partial charge in [-0.1, -0.05) is 45.4 Å². The highest BCUT2D eigenvalue weighted by atomic mass is 16.3. The largest absolute Gasteiger partial charge is 0.389 e. The van der Waals surface area contributed by atoms with Gasteiger partial charge in [-0.25, -0.2) is 0 Å². The second-order valence-corrected chi connectivity index (χ2v) is 6.41. The van der Waals surface area contributed by atoms with E-state index in [1.54, 1.807) is 0 Å². The lowest BCUT2D eigenvalue weighted by Gasteiger charge is -2.29. The van der Waals surface area contributed by atoms with Crippen LogP contribution in [0.2, 0.25) is 0 Å². The molecule has 1 aliphatic rings. The summed E-state index contributed by atoms with van der Waals surface area (Å²) in [5, 5.41) is 9.97. The summed E-state index contributed by atoms with van der Waals surface area (Å²) in [6.45, 7) is 13.1. The maximum Gasteiger partial charge on any atom is 0.0770 e. The third-order valence-corrected chi connectivity index (χ3v) is 4.57. The van der Waals surface area contributed by atoms with Crippen LogP contribution in [0.3, 0.4) is 0 Å². The second kappa shape index (κ2) is 5.39. The van der Waals surface area contributed by atoms with E-state index >= 15 is 0 Å². The van der Waals surface area contributed by atoms with Gasteiger partial charge in [-0.15, -0.1) is 0 Å². The van der Waals surface area contributed by atoms with Crippen molar-refractivity contribution in [1.29, 1.82) is 0 Å². The van der Waals surface area contributed by atoms with Crippen LogP contribution in [0.1, 0.15) is 54.4 Å². The SMILES string of the molecule is CC(=CCC1CC=C(C)C1(C)C)C(O)C(C)C. The highest BCUT2D eigenvalue weighted by Gasteiger charge is 2.33. The smallest absolute Gasteiger partial charge is 0.0770 e. The number of hydrogen-bond acceptors (Lipinski definition) is 1. The van der Waals surface area contributed by atoms with Crippen LogP contribution < -0.4 is 0 Å². The van der Waals surface area contributed by atoms with Crippen molar-refractivity contribution >= 4 is 0 Å². The van der Waals surface area contributed by atoms with Gasteiger partial charge in [-0.2, -0.15) is 0 Å². The van der Waals surface area contributed by atoms with Gasteiger partial charge >= 0.3 is 0 Å². The first-order chi connectivity index (χ1) is 7.76. The van der Waals surface area contributed by atoms with Crippen molar-refractivity contribution in [2.75, 3.05) is 0 Å². The lowest BCUT2D eigenvalue weighted by atomic mass is 9.76. The minimum absolute atomic E-state index is 0.284. The van der Waals surface area contributed by atoms with Crippen LogP contribution >= 0.6 is 0 Å². The Morgan fingerprint density at radius 1 is 1.53 bits per heavy atom. The average Bonchev–Trinajstić information content (AvgIpc) is 2.50. The van der Waals surface area contributed by atoms with Crippen molar-refractivity contribution in [2.24, 2.45) is 17.3 Å². The molecule has 0 aromatic heterocycles. The molecule has 1 N–H and O–H groups in total. The zero-order valence-corrected chi connectivity index (χ0v) is 12.2. The molecule has 2 unspecified atom stereocenters. The summed E-state index contributed by atoms with van der Waals surface area (Å²) in [5.41, 5.74) is 2.96. The van der Waals surface area contributed by atoms with Crippen molar-refractivity contribution < 1.29 is 5.11 Å². The molecule has 2 atom stereocenters. The molecule has 0 fully saturated rings. The molecule has 0 aliphatic heterocycles. The number of aliphatic hydroxyl groups excluding tert-OH is 1. The molecule has 0 aromatic rings. The summed E-state index contributed by atoms with van der Waals surface area (Å²) in [4.78, 5) is 0. The molecule has 1 nitrogen and oxygen atoms in total. The van der Waals surface area contributed by atoms with E-state index < -0.39 is 0 Å². The van der Waals surface area contributed by atoms with Gasteiger partial charge in [0.15, 0.2) is 0 Å². The topological polar surface area (TPSA) is 20.2 Å². The first kappa shape index (κ1) is 14.5. The zero-order chi connectivity index (χ0) is 13.2. The number of allylic oxidation sites excluding steroid dienone is 3. The predicted molar refractivity (Wildman–Crippen MR) is 74.9 cm³/mol. The molecule has 0 bridgehead atoms. The summed E-state index contributed by atoms with van der Waals surface area (Å²) in [6.07, 6.45) is 6.58. The van der Waals surface area contributed by atoms with Crippen LogP contribution in [0.15, 0.2) is 23.3 Å². The Morgan fingerprint density at radius 2 is 2.12 bits per heavy atom. The molecule has 0 aromatic carbocycles. The molecule has 98 valence electrons. The van der Waals surface area contributed by atoms with Gasteiger partial charge in [0.2, 0.25) is 0 Å². The van der Waals surface area contributed by atoms with Crippen molar-refractivity contribution in [1.82, 2.24) is 0 Å². The van der Waals surface area contributed by atoms with Crippen molar-refractivity contribution in [2.45, 2.75) is 60.5 Å². The summed E-state index contributed by atoms with van der Waals surface area (Å²) < 4.78 is 0. The van der Waals surface area contributed by atoms with Crippen LogP contribution in [0, 0.1) is 17.3 Å².